The number of carbonyl (C=O) groups is 1. The number of esters is 1. The number of halogens is 1. The maximum absolute atomic E-state index is 12.0. The molecule has 3 rings (SSSR count). The first kappa shape index (κ1) is 14.3. The molecule has 0 spiro atoms. The van der Waals surface area contributed by atoms with Gasteiger partial charge in [-0.05, 0) is 36.4 Å². The first-order chi connectivity index (χ1) is 10.5. The average Bonchev–Trinajstić information content (AvgIpc) is 2.47. The summed E-state index contributed by atoms with van der Waals surface area (Å²) in [5.41, 5.74) is 0.488. The number of fused-ring (bicyclic) bond motifs is 1. The van der Waals surface area contributed by atoms with E-state index in [0.717, 1.165) is 0 Å². The van der Waals surface area contributed by atoms with Gasteiger partial charge in [-0.25, -0.2) is 9.78 Å². The van der Waals surface area contributed by atoms with Crippen LogP contribution in [0.4, 0.5) is 0 Å². The number of rotatable bonds is 2. The van der Waals surface area contributed by atoms with Gasteiger partial charge in [0.05, 0.1) is 10.9 Å². The van der Waals surface area contributed by atoms with E-state index in [9.17, 15) is 9.59 Å². The highest BCUT2D eigenvalue weighted by Gasteiger charge is 2.10. The van der Waals surface area contributed by atoms with E-state index < -0.39 is 11.6 Å². The summed E-state index contributed by atoms with van der Waals surface area (Å²) in [6.07, 6.45) is 0. The fourth-order valence-corrected chi connectivity index (χ4v) is 2.20. The largest absolute Gasteiger partial charge is 0.427 e. The van der Waals surface area contributed by atoms with Crippen LogP contribution in [0.15, 0.2) is 51.7 Å². The molecule has 0 saturated heterocycles. The van der Waals surface area contributed by atoms with Crippen molar-refractivity contribution in [2.24, 2.45) is 0 Å². The lowest BCUT2D eigenvalue weighted by Gasteiger charge is -2.04. The van der Waals surface area contributed by atoms with Crippen molar-refractivity contribution in [3.63, 3.8) is 0 Å². The van der Waals surface area contributed by atoms with Crippen molar-refractivity contribution in [1.82, 2.24) is 4.98 Å². The minimum Gasteiger partial charge on any atom is -0.427 e. The van der Waals surface area contributed by atoms with Crippen molar-refractivity contribution in [3.05, 3.63) is 57.9 Å². The molecule has 0 atom stereocenters. The van der Waals surface area contributed by atoms with Crippen molar-refractivity contribution in [2.75, 3.05) is 0 Å². The highest BCUT2D eigenvalue weighted by atomic mass is 35.5. The molecular weight excluding hydrogens is 306 g/mol. The Bertz CT molecular complexity index is 933. The van der Waals surface area contributed by atoms with Gasteiger partial charge < -0.3 is 9.15 Å². The van der Waals surface area contributed by atoms with Gasteiger partial charge in [0.15, 0.2) is 0 Å². The monoisotopic (exact) mass is 315 g/mol. The number of benzene rings is 2. The Morgan fingerprint density at radius 2 is 2.05 bits per heavy atom. The maximum atomic E-state index is 12.0. The first-order valence-corrected chi connectivity index (χ1v) is 6.80. The third-order valence-electron chi connectivity index (χ3n) is 2.93. The van der Waals surface area contributed by atoms with Crippen LogP contribution in [0.2, 0.25) is 5.02 Å². The molecule has 110 valence electrons. The second kappa shape index (κ2) is 5.61. The van der Waals surface area contributed by atoms with E-state index in [1.54, 1.807) is 36.4 Å². The summed E-state index contributed by atoms with van der Waals surface area (Å²) in [5, 5.41) is 0.749. The highest BCUT2D eigenvalue weighted by Crippen LogP contribution is 2.24. The number of nitrogens with zero attached hydrogens (tertiary/aromatic N) is 1. The van der Waals surface area contributed by atoms with Gasteiger partial charge in [0.2, 0.25) is 5.89 Å². The second-order valence-electron chi connectivity index (χ2n) is 4.59. The van der Waals surface area contributed by atoms with Crippen molar-refractivity contribution in [3.8, 4) is 17.2 Å². The number of hydrogen-bond acceptors (Lipinski definition) is 5. The molecule has 0 saturated carbocycles. The van der Waals surface area contributed by atoms with Crippen LogP contribution in [0, 0.1) is 0 Å². The summed E-state index contributed by atoms with van der Waals surface area (Å²) in [4.78, 5) is 27.3. The molecule has 6 heteroatoms. The van der Waals surface area contributed by atoms with E-state index in [4.69, 9.17) is 20.8 Å². The molecule has 0 aliphatic carbocycles. The van der Waals surface area contributed by atoms with Crippen molar-refractivity contribution >= 4 is 28.5 Å². The van der Waals surface area contributed by atoms with Crippen LogP contribution in [0.1, 0.15) is 6.92 Å². The van der Waals surface area contributed by atoms with Gasteiger partial charge >= 0.3 is 11.6 Å². The SMILES string of the molecule is CC(=O)Oc1cccc(-c2nc3ccc(Cl)cc3c(=O)o2)c1. The number of hydrogen-bond donors (Lipinski definition) is 0. The first-order valence-electron chi connectivity index (χ1n) is 6.42. The van der Waals surface area contributed by atoms with Gasteiger partial charge in [0.25, 0.3) is 0 Å². The number of aromatic nitrogens is 1. The molecule has 0 bridgehead atoms. The zero-order chi connectivity index (χ0) is 15.7. The third kappa shape index (κ3) is 2.84. The summed E-state index contributed by atoms with van der Waals surface area (Å²) in [7, 11) is 0. The van der Waals surface area contributed by atoms with Crippen LogP contribution in [0.3, 0.4) is 0 Å². The Kier molecular flexibility index (Phi) is 3.65. The van der Waals surface area contributed by atoms with Crippen LogP contribution >= 0.6 is 11.6 Å². The lowest BCUT2D eigenvalue weighted by Crippen LogP contribution is -2.04. The van der Waals surface area contributed by atoms with Crippen molar-refractivity contribution < 1.29 is 13.9 Å². The van der Waals surface area contributed by atoms with Crippen molar-refractivity contribution in [1.29, 1.82) is 0 Å². The fraction of sp³-hybridized carbons (Fsp3) is 0.0625. The van der Waals surface area contributed by atoms with Crippen LogP contribution < -0.4 is 10.4 Å². The number of ether oxygens (including phenoxy) is 1. The molecule has 0 radical (unpaired) electrons. The molecule has 0 aliphatic rings. The van der Waals surface area contributed by atoms with Crippen LogP contribution in [0.25, 0.3) is 22.4 Å². The molecule has 2 aromatic carbocycles. The third-order valence-corrected chi connectivity index (χ3v) is 3.17. The summed E-state index contributed by atoms with van der Waals surface area (Å²) in [5.74, 6) is 0.0687. The molecule has 1 aromatic heterocycles. The molecule has 0 N–H and O–H groups in total. The molecule has 0 fully saturated rings. The van der Waals surface area contributed by atoms with Gasteiger partial charge in [-0.3, -0.25) is 4.79 Å². The van der Waals surface area contributed by atoms with E-state index in [0.29, 0.717) is 27.2 Å². The standard InChI is InChI=1S/C16H10ClNO4/c1-9(19)21-12-4-2-3-10(7-12)15-18-14-6-5-11(17)8-13(14)16(20)22-15/h2-8H,1H3. The summed E-state index contributed by atoms with van der Waals surface area (Å²) in [6, 6.07) is 11.4. The van der Waals surface area contributed by atoms with Gasteiger partial charge in [-0.2, -0.15) is 0 Å². The van der Waals surface area contributed by atoms with E-state index in [-0.39, 0.29) is 5.89 Å². The Morgan fingerprint density at radius 1 is 1.23 bits per heavy atom. The smallest absolute Gasteiger partial charge is 0.347 e. The molecule has 1 heterocycles. The second-order valence-corrected chi connectivity index (χ2v) is 5.03. The predicted octanol–water partition coefficient (Wildman–Crippen LogP) is 3.43. The van der Waals surface area contributed by atoms with Gasteiger partial charge in [-0.15, -0.1) is 0 Å². The van der Waals surface area contributed by atoms with Gasteiger partial charge in [0, 0.05) is 17.5 Å². The Balaban J connectivity index is 2.12. The van der Waals surface area contributed by atoms with E-state index >= 15 is 0 Å². The minimum absolute atomic E-state index is 0.147. The molecule has 5 nitrogen and oxygen atoms in total. The topological polar surface area (TPSA) is 69.4 Å². The van der Waals surface area contributed by atoms with E-state index in [2.05, 4.69) is 4.98 Å². The Hall–Kier alpha value is -2.66. The molecule has 0 amide bonds. The normalized spacial score (nSPS) is 10.6. The number of carbonyl (C=O) groups excluding carboxylic acids is 1. The van der Waals surface area contributed by atoms with Crippen LogP contribution in [-0.4, -0.2) is 11.0 Å². The Morgan fingerprint density at radius 3 is 2.82 bits per heavy atom. The fourth-order valence-electron chi connectivity index (χ4n) is 2.03. The summed E-state index contributed by atoms with van der Waals surface area (Å²) >= 11 is 5.86. The quantitative estimate of drug-likeness (QED) is 0.535. The van der Waals surface area contributed by atoms with Crippen molar-refractivity contribution in [2.45, 2.75) is 6.92 Å². The molecule has 3 aromatic rings. The van der Waals surface area contributed by atoms with Gasteiger partial charge in [0.1, 0.15) is 5.75 Å². The molecule has 0 aliphatic heterocycles. The van der Waals surface area contributed by atoms with Gasteiger partial charge in [-0.1, -0.05) is 17.7 Å². The summed E-state index contributed by atoms with van der Waals surface area (Å²) in [6.45, 7) is 1.31. The average molecular weight is 316 g/mol. The minimum atomic E-state index is -0.527. The lowest BCUT2D eigenvalue weighted by molar-refractivity contribution is -0.131. The molecule has 22 heavy (non-hydrogen) atoms. The highest BCUT2D eigenvalue weighted by molar-refractivity contribution is 6.31. The maximum Gasteiger partial charge on any atom is 0.347 e. The van der Waals surface area contributed by atoms with E-state index in [1.807, 2.05) is 0 Å². The predicted molar refractivity (Wildman–Crippen MR) is 82.0 cm³/mol. The Labute approximate surface area is 130 Å². The zero-order valence-corrected chi connectivity index (χ0v) is 12.3. The summed E-state index contributed by atoms with van der Waals surface area (Å²) < 4.78 is 10.2. The lowest BCUT2D eigenvalue weighted by atomic mass is 10.2. The zero-order valence-electron chi connectivity index (χ0n) is 11.5. The van der Waals surface area contributed by atoms with Crippen LogP contribution in [0.5, 0.6) is 5.75 Å². The van der Waals surface area contributed by atoms with E-state index in [1.165, 1.54) is 13.0 Å². The molecular formula is C16H10ClNO4. The van der Waals surface area contributed by atoms with Crippen LogP contribution in [-0.2, 0) is 4.79 Å². The molecule has 0 unspecified atom stereocenters.